The minimum absolute atomic E-state index is 0.190. The van der Waals surface area contributed by atoms with Crippen molar-refractivity contribution in [1.29, 1.82) is 0 Å². The van der Waals surface area contributed by atoms with Crippen LogP contribution in [-0.2, 0) is 16.0 Å². The molecular formula is C27H36N2O7. The van der Waals surface area contributed by atoms with Crippen LogP contribution < -0.4 is 24.3 Å². The van der Waals surface area contributed by atoms with Crippen molar-refractivity contribution in [2.24, 2.45) is 5.92 Å². The smallest absolute Gasteiger partial charge is 0.328 e. The van der Waals surface area contributed by atoms with Crippen molar-refractivity contribution in [3.63, 3.8) is 0 Å². The summed E-state index contributed by atoms with van der Waals surface area (Å²) in [5.41, 5.74) is 2.78. The lowest BCUT2D eigenvalue weighted by Gasteiger charge is -2.39. The summed E-state index contributed by atoms with van der Waals surface area (Å²) in [6.45, 7) is 4.42. The van der Waals surface area contributed by atoms with Gasteiger partial charge in [0.1, 0.15) is 6.04 Å². The van der Waals surface area contributed by atoms with E-state index in [4.69, 9.17) is 23.7 Å². The van der Waals surface area contributed by atoms with E-state index < -0.39 is 18.1 Å². The van der Waals surface area contributed by atoms with Crippen molar-refractivity contribution in [3.8, 4) is 23.0 Å². The number of urea groups is 1. The average Bonchev–Trinajstić information content (AvgIpc) is 2.89. The van der Waals surface area contributed by atoms with E-state index in [2.05, 4.69) is 5.32 Å². The molecule has 0 spiro atoms. The molecule has 0 bridgehead atoms. The Morgan fingerprint density at radius 2 is 1.53 bits per heavy atom. The number of esters is 1. The number of carbonyl (C=O) groups is 2. The molecule has 1 N–H and O–H groups in total. The molecule has 9 heteroatoms. The number of rotatable bonds is 9. The van der Waals surface area contributed by atoms with Gasteiger partial charge in [-0.05, 0) is 59.7 Å². The Balaban J connectivity index is 2.10. The molecule has 3 rings (SSSR count). The average molecular weight is 501 g/mol. The van der Waals surface area contributed by atoms with Crippen molar-refractivity contribution < 1.29 is 33.3 Å². The Morgan fingerprint density at radius 1 is 0.917 bits per heavy atom. The van der Waals surface area contributed by atoms with Gasteiger partial charge in [-0.25, -0.2) is 9.59 Å². The van der Waals surface area contributed by atoms with Gasteiger partial charge in [-0.1, -0.05) is 19.9 Å². The number of carbonyl (C=O) groups excluding carboxylic acids is 2. The third kappa shape index (κ3) is 5.61. The summed E-state index contributed by atoms with van der Waals surface area (Å²) in [6.07, 6.45) is 1.08. The first kappa shape index (κ1) is 27.0. The number of ether oxygens (including phenoxy) is 5. The van der Waals surface area contributed by atoms with Gasteiger partial charge >= 0.3 is 12.0 Å². The highest BCUT2D eigenvalue weighted by atomic mass is 16.5. The minimum atomic E-state index is -0.750. The Bertz CT molecular complexity index is 1090. The maximum atomic E-state index is 13.7. The topological polar surface area (TPSA) is 95.6 Å². The highest BCUT2D eigenvalue weighted by Gasteiger charge is 2.35. The van der Waals surface area contributed by atoms with E-state index in [1.807, 2.05) is 44.2 Å². The van der Waals surface area contributed by atoms with Crippen LogP contribution in [0.1, 0.15) is 43.0 Å². The van der Waals surface area contributed by atoms with E-state index in [9.17, 15) is 9.59 Å². The molecule has 1 aliphatic heterocycles. The summed E-state index contributed by atoms with van der Waals surface area (Å²) in [5.74, 6) is 2.05. The SMILES string of the molecule is COC(=O)C(CC(C)C)NC(=O)N1CCc2cc(OC)c(OC)cc2C1c1ccc(OC)c(OC)c1. The molecule has 196 valence electrons. The number of nitrogens with zero attached hydrogens (tertiary/aromatic N) is 1. The third-order valence-electron chi connectivity index (χ3n) is 6.35. The largest absolute Gasteiger partial charge is 0.493 e. The first-order chi connectivity index (χ1) is 17.3. The number of hydrogen-bond acceptors (Lipinski definition) is 7. The van der Waals surface area contributed by atoms with Crippen LogP contribution in [-0.4, -0.2) is 65.0 Å². The first-order valence-electron chi connectivity index (χ1n) is 11.9. The number of fused-ring (bicyclic) bond motifs is 1. The van der Waals surface area contributed by atoms with Crippen LogP contribution in [0.15, 0.2) is 30.3 Å². The van der Waals surface area contributed by atoms with E-state index in [1.54, 1.807) is 33.3 Å². The van der Waals surface area contributed by atoms with E-state index in [0.717, 1.165) is 16.7 Å². The third-order valence-corrected chi connectivity index (χ3v) is 6.35. The van der Waals surface area contributed by atoms with Gasteiger partial charge in [0.2, 0.25) is 0 Å². The Kier molecular flexibility index (Phi) is 8.90. The van der Waals surface area contributed by atoms with Gasteiger partial charge in [-0.2, -0.15) is 0 Å². The van der Waals surface area contributed by atoms with Crippen LogP contribution in [0.4, 0.5) is 4.79 Å². The normalized spacial score (nSPS) is 15.6. The molecule has 0 aliphatic carbocycles. The summed E-state index contributed by atoms with van der Waals surface area (Å²) >= 11 is 0. The molecular weight excluding hydrogens is 464 g/mol. The van der Waals surface area contributed by atoms with E-state index >= 15 is 0 Å². The summed E-state index contributed by atoms with van der Waals surface area (Å²) in [4.78, 5) is 27.8. The molecule has 2 aromatic carbocycles. The second-order valence-electron chi connectivity index (χ2n) is 9.02. The highest BCUT2D eigenvalue weighted by molar-refractivity contribution is 5.84. The maximum Gasteiger partial charge on any atom is 0.328 e. The summed E-state index contributed by atoms with van der Waals surface area (Å²) in [6, 6.07) is 7.87. The molecule has 2 atom stereocenters. The van der Waals surface area contributed by atoms with Crippen molar-refractivity contribution in [2.45, 2.75) is 38.8 Å². The van der Waals surface area contributed by atoms with E-state index in [-0.39, 0.29) is 11.9 Å². The van der Waals surface area contributed by atoms with Crippen molar-refractivity contribution in [3.05, 3.63) is 47.0 Å². The molecule has 0 saturated heterocycles. The predicted octanol–water partition coefficient (Wildman–Crippen LogP) is 3.97. The quantitative estimate of drug-likeness (QED) is 0.521. The molecule has 0 aromatic heterocycles. The Morgan fingerprint density at radius 3 is 2.11 bits per heavy atom. The zero-order valence-corrected chi connectivity index (χ0v) is 22.0. The molecule has 2 aromatic rings. The standard InChI is InChI=1S/C27H36N2O7/c1-16(2)12-20(26(30)36-7)28-27(31)29-11-10-17-13-23(34-5)24(35-6)15-19(17)25(29)18-8-9-21(32-3)22(14-18)33-4/h8-9,13-16,20,25H,10-12H2,1-7H3,(H,28,31). The fraction of sp³-hybridized carbons (Fsp3) is 0.481. The van der Waals surface area contributed by atoms with Gasteiger partial charge in [0.25, 0.3) is 0 Å². The van der Waals surface area contributed by atoms with Crippen LogP contribution in [0.5, 0.6) is 23.0 Å². The zero-order valence-electron chi connectivity index (χ0n) is 22.0. The first-order valence-corrected chi connectivity index (χ1v) is 11.9. The van der Waals surface area contributed by atoms with Gasteiger partial charge in [0.05, 0.1) is 41.6 Å². The van der Waals surface area contributed by atoms with Gasteiger partial charge < -0.3 is 33.9 Å². The predicted molar refractivity (Wildman–Crippen MR) is 135 cm³/mol. The molecule has 1 aliphatic rings. The number of hydrogen-bond donors (Lipinski definition) is 1. The fourth-order valence-corrected chi connectivity index (χ4v) is 4.61. The van der Waals surface area contributed by atoms with Gasteiger partial charge in [-0.15, -0.1) is 0 Å². The highest BCUT2D eigenvalue weighted by Crippen LogP contribution is 2.42. The number of amides is 2. The van der Waals surface area contributed by atoms with Gasteiger partial charge in [-0.3, -0.25) is 0 Å². The zero-order chi connectivity index (χ0) is 26.4. The summed E-state index contributed by atoms with van der Waals surface area (Å²) in [5, 5.41) is 2.90. The second-order valence-corrected chi connectivity index (χ2v) is 9.02. The van der Waals surface area contributed by atoms with Crippen LogP contribution in [0.2, 0.25) is 0 Å². The van der Waals surface area contributed by atoms with Crippen LogP contribution >= 0.6 is 0 Å². The lowest BCUT2D eigenvalue weighted by molar-refractivity contribution is -0.143. The van der Waals surface area contributed by atoms with Gasteiger partial charge in [0, 0.05) is 6.54 Å². The lowest BCUT2D eigenvalue weighted by atomic mass is 9.87. The molecule has 1 heterocycles. The summed E-state index contributed by atoms with van der Waals surface area (Å²) in [7, 11) is 7.65. The van der Waals surface area contributed by atoms with Gasteiger partial charge in [0.15, 0.2) is 23.0 Å². The van der Waals surface area contributed by atoms with Crippen LogP contribution in [0.25, 0.3) is 0 Å². The van der Waals surface area contributed by atoms with Crippen molar-refractivity contribution >= 4 is 12.0 Å². The molecule has 36 heavy (non-hydrogen) atoms. The van der Waals surface area contributed by atoms with Crippen LogP contribution in [0.3, 0.4) is 0 Å². The second kappa shape index (κ2) is 11.9. The summed E-state index contributed by atoms with van der Waals surface area (Å²) < 4.78 is 27.0. The molecule has 9 nitrogen and oxygen atoms in total. The maximum absolute atomic E-state index is 13.7. The minimum Gasteiger partial charge on any atom is -0.493 e. The monoisotopic (exact) mass is 500 g/mol. The number of nitrogens with one attached hydrogen (secondary N) is 1. The molecule has 2 amide bonds. The number of benzene rings is 2. The Hall–Kier alpha value is -3.62. The molecule has 2 unspecified atom stereocenters. The molecule has 0 saturated carbocycles. The molecule has 0 radical (unpaired) electrons. The number of methoxy groups -OCH3 is 5. The van der Waals surface area contributed by atoms with E-state index in [1.165, 1.54) is 7.11 Å². The van der Waals surface area contributed by atoms with E-state index in [0.29, 0.717) is 42.4 Å². The Labute approximate surface area is 212 Å². The van der Waals surface area contributed by atoms with Crippen molar-refractivity contribution in [2.75, 3.05) is 42.1 Å². The lowest BCUT2D eigenvalue weighted by Crippen LogP contribution is -2.51. The fourth-order valence-electron chi connectivity index (χ4n) is 4.61. The van der Waals surface area contributed by atoms with Crippen LogP contribution in [0, 0.1) is 5.92 Å². The van der Waals surface area contributed by atoms with Crippen molar-refractivity contribution in [1.82, 2.24) is 10.2 Å². The molecule has 0 fully saturated rings.